The molecule has 1 fully saturated rings. The maximum Gasteiger partial charge on any atom is 0.170 e. The molecule has 7 heteroatoms. The molecule has 148 valence electrons. The monoisotopic (exact) mass is 412 g/mol. The minimum atomic E-state index is -0.0714. The summed E-state index contributed by atoms with van der Waals surface area (Å²) in [6.45, 7) is 0.676. The van der Waals surface area contributed by atoms with Crippen molar-refractivity contribution in [3.05, 3.63) is 109 Å². The summed E-state index contributed by atoms with van der Waals surface area (Å²) in [5, 5.41) is 4.21. The van der Waals surface area contributed by atoms with E-state index < -0.39 is 0 Å². The minimum absolute atomic E-state index is 0.0439. The van der Waals surface area contributed by atoms with Crippen molar-refractivity contribution >= 4 is 17.3 Å². The summed E-state index contributed by atoms with van der Waals surface area (Å²) in [5.41, 5.74) is 3.21. The van der Waals surface area contributed by atoms with Gasteiger partial charge in [-0.05, 0) is 66.3 Å². The Labute approximate surface area is 180 Å². The molecule has 0 radical (unpaired) electrons. The third-order valence-corrected chi connectivity index (χ3v) is 5.63. The second-order valence-electron chi connectivity index (χ2n) is 7.10. The molecule has 5 heterocycles. The predicted octanol–water partition coefficient (Wildman–Crippen LogP) is 3.84. The Morgan fingerprint density at radius 3 is 2.40 bits per heavy atom. The van der Waals surface area contributed by atoms with Crippen LogP contribution in [0.4, 0.5) is 0 Å². The number of rotatable bonds is 5. The standard InChI is InChI=1S/C23H20N6S/c30-23-27-21(18-6-1-3-11-25-18)22(29(23)16-17-9-13-24-14-10-17)19-7-5-15-28(19)20-8-2-4-12-26-20/h1-15,21-22H,16H2,(H,27,30)/t21-,22+/m1/s1. The van der Waals surface area contributed by atoms with Crippen molar-refractivity contribution in [1.29, 1.82) is 0 Å². The van der Waals surface area contributed by atoms with Crippen molar-refractivity contribution in [3.63, 3.8) is 0 Å². The summed E-state index contributed by atoms with van der Waals surface area (Å²) in [6, 6.07) is 20.0. The van der Waals surface area contributed by atoms with E-state index in [2.05, 4.69) is 35.8 Å². The molecule has 0 aromatic carbocycles. The molecule has 0 spiro atoms. The van der Waals surface area contributed by atoms with Crippen molar-refractivity contribution in [2.75, 3.05) is 0 Å². The average Bonchev–Trinajstić information content (AvgIpc) is 3.40. The number of pyridine rings is 3. The maximum absolute atomic E-state index is 5.77. The van der Waals surface area contributed by atoms with Gasteiger partial charge in [0.05, 0.1) is 17.8 Å². The number of aromatic nitrogens is 4. The van der Waals surface area contributed by atoms with E-state index in [9.17, 15) is 0 Å². The van der Waals surface area contributed by atoms with Gasteiger partial charge in [-0.1, -0.05) is 12.1 Å². The van der Waals surface area contributed by atoms with Crippen LogP contribution in [0.25, 0.3) is 5.82 Å². The zero-order valence-corrected chi connectivity index (χ0v) is 17.0. The van der Waals surface area contributed by atoms with Crippen LogP contribution in [0.2, 0.25) is 0 Å². The van der Waals surface area contributed by atoms with Gasteiger partial charge in [0.1, 0.15) is 5.82 Å². The Balaban J connectivity index is 1.60. The first-order valence-electron chi connectivity index (χ1n) is 9.77. The Bertz CT molecular complexity index is 1130. The highest BCUT2D eigenvalue weighted by molar-refractivity contribution is 7.80. The average molecular weight is 413 g/mol. The fourth-order valence-electron chi connectivity index (χ4n) is 3.92. The summed E-state index contributed by atoms with van der Waals surface area (Å²) < 4.78 is 2.12. The summed E-state index contributed by atoms with van der Waals surface area (Å²) in [5.74, 6) is 0.874. The van der Waals surface area contributed by atoms with Gasteiger partial charge in [-0.25, -0.2) is 4.98 Å². The first kappa shape index (κ1) is 18.4. The molecule has 4 aromatic heterocycles. The van der Waals surface area contributed by atoms with Crippen LogP contribution in [0.5, 0.6) is 0 Å². The molecule has 2 atom stereocenters. The second kappa shape index (κ2) is 8.04. The van der Waals surface area contributed by atoms with Crippen LogP contribution in [0, 0.1) is 0 Å². The third kappa shape index (κ3) is 3.44. The molecular formula is C23H20N6S. The smallest absolute Gasteiger partial charge is 0.170 e. The summed E-state index contributed by atoms with van der Waals surface area (Å²) in [4.78, 5) is 15.5. The van der Waals surface area contributed by atoms with Gasteiger partial charge in [0.2, 0.25) is 0 Å². The van der Waals surface area contributed by atoms with Gasteiger partial charge >= 0.3 is 0 Å². The third-order valence-electron chi connectivity index (χ3n) is 5.28. The molecule has 1 aliphatic heterocycles. The second-order valence-corrected chi connectivity index (χ2v) is 7.49. The number of nitrogens with zero attached hydrogens (tertiary/aromatic N) is 5. The number of hydrogen-bond donors (Lipinski definition) is 1. The molecular weight excluding hydrogens is 392 g/mol. The van der Waals surface area contributed by atoms with E-state index in [4.69, 9.17) is 12.2 Å². The highest BCUT2D eigenvalue weighted by Gasteiger charge is 2.41. The molecule has 0 bridgehead atoms. The van der Waals surface area contributed by atoms with Gasteiger partial charge in [0.25, 0.3) is 0 Å². The van der Waals surface area contributed by atoms with Crippen LogP contribution in [0.3, 0.4) is 0 Å². The highest BCUT2D eigenvalue weighted by Crippen LogP contribution is 2.40. The van der Waals surface area contributed by atoms with E-state index in [0.29, 0.717) is 11.7 Å². The zero-order chi connectivity index (χ0) is 20.3. The van der Waals surface area contributed by atoms with Gasteiger partial charge in [-0.3, -0.25) is 9.97 Å². The molecule has 6 nitrogen and oxygen atoms in total. The lowest BCUT2D eigenvalue weighted by molar-refractivity contribution is 0.302. The fourth-order valence-corrected chi connectivity index (χ4v) is 4.23. The lowest BCUT2D eigenvalue weighted by Crippen LogP contribution is -2.30. The number of thiocarbonyl (C=S) groups is 1. The molecule has 1 aliphatic rings. The summed E-state index contributed by atoms with van der Waals surface area (Å²) in [6.07, 6.45) is 9.29. The summed E-state index contributed by atoms with van der Waals surface area (Å²) in [7, 11) is 0. The highest BCUT2D eigenvalue weighted by atomic mass is 32.1. The van der Waals surface area contributed by atoms with Crippen molar-refractivity contribution in [2.45, 2.75) is 18.6 Å². The van der Waals surface area contributed by atoms with Crippen LogP contribution < -0.4 is 5.32 Å². The van der Waals surface area contributed by atoms with E-state index in [1.165, 1.54) is 0 Å². The normalized spacial score (nSPS) is 18.4. The van der Waals surface area contributed by atoms with Crippen LogP contribution in [-0.2, 0) is 6.54 Å². The van der Waals surface area contributed by atoms with Gasteiger partial charge in [-0.2, -0.15) is 0 Å². The van der Waals surface area contributed by atoms with Gasteiger partial charge in [0.15, 0.2) is 5.11 Å². The van der Waals surface area contributed by atoms with E-state index in [1.807, 2.05) is 85.6 Å². The first-order chi connectivity index (χ1) is 14.8. The molecule has 5 rings (SSSR count). The van der Waals surface area contributed by atoms with Crippen LogP contribution >= 0.6 is 12.2 Å². The fraction of sp³-hybridized carbons (Fsp3) is 0.130. The minimum Gasteiger partial charge on any atom is -0.352 e. The SMILES string of the molecule is S=C1N[C@H](c2ccccn2)[C@H](c2cccn2-c2ccccn2)N1Cc1ccncc1. The molecule has 30 heavy (non-hydrogen) atoms. The van der Waals surface area contributed by atoms with Crippen molar-refractivity contribution < 1.29 is 0 Å². The quantitative estimate of drug-likeness (QED) is 0.503. The van der Waals surface area contributed by atoms with E-state index in [0.717, 1.165) is 22.8 Å². The maximum atomic E-state index is 5.77. The first-order valence-corrected chi connectivity index (χ1v) is 10.2. The molecule has 0 amide bonds. The molecule has 0 aliphatic carbocycles. The van der Waals surface area contributed by atoms with Gasteiger partial charge < -0.3 is 14.8 Å². The lowest BCUT2D eigenvalue weighted by Gasteiger charge is -2.28. The zero-order valence-electron chi connectivity index (χ0n) is 16.2. The molecule has 0 saturated carbocycles. The number of hydrogen-bond acceptors (Lipinski definition) is 4. The molecule has 0 unspecified atom stereocenters. The van der Waals surface area contributed by atoms with Crippen molar-refractivity contribution in [3.8, 4) is 5.82 Å². The van der Waals surface area contributed by atoms with E-state index in [1.54, 1.807) is 0 Å². The Morgan fingerprint density at radius 1 is 0.867 bits per heavy atom. The van der Waals surface area contributed by atoms with Crippen molar-refractivity contribution in [2.24, 2.45) is 0 Å². The van der Waals surface area contributed by atoms with E-state index in [-0.39, 0.29) is 12.1 Å². The summed E-state index contributed by atoms with van der Waals surface area (Å²) >= 11 is 5.77. The van der Waals surface area contributed by atoms with Crippen LogP contribution in [0.15, 0.2) is 91.6 Å². The van der Waals surface area contributed by atoms with Crippen LogP contribution in [0.1, 0.15) is 29.0 Å². The van der Waals surface area contributed by atoms with Crippen LogP contribution in [-0.4, -0.2) is 29.5 Å². The molecule has 1 saturated heterocycles. The number of nitrogens with one attached hydrogen (secondary N) is 1. The molecule has 4 aromatic rings. The Kier molecular flexibility index (Phi) is 4.94. The molecule has 1 N–H and O–H groups in total. The Hall–Kier alpha value is -3.58. The predicted molar refractivity (Wildman–Crippen MR) is 119 cm³/mol. The topological polar surface area (TPSA) is 58.9 Å². The van der Waals surface area contributed by atoms with Crippen molar-refractivity contribution in [1.82, 2.24) is 29.7 Å². The largest absolute Gasteiger partial charge is 0.352 e. The van der Waals surface area contributed by atoms with Gasteiger partial charge in [-0.15, -0.1) is 0 Å². The van der Waals surface area contributed by atoms with Gasteiger partial charge in [0, 0.05) is 43.2 Å². The van der Waals surface area contributed by atoms with E-state index >= 15 is 0 Å². The lowest BCUT2D eigenvalue weighted by atomic mass is 10.0. The Morgan fingerprint density at radius 2 is 1.67 bits per heavy atom.